The highest BCUT2D eigenvalue weighted by atomic mass is 32.2. The fourth-order valence-electron chi connectivity index (χ4n) is 4.66. The van der Waals surface area contributed by atoms with Crippen LogP contribution in [0.15, 0.2) is 58.5 Å². The molecule has 0 unspecified atom stereocenters. The van der Waals surface area contributed by atoms with Gasteiger partial charge in [0.25, 0.3) is 5.56 Å². The standard InChI is InChI=1S/C27H30N6O4S/c1-3-4-13-38(35,36)23-15-20(37-2)14-22-24(23)26(34)32-27(31-22)33-12-9-21-18(17-33)8-11-29-25(21)30-16-19-7-5-6-10-28-19/h5-8,10-11,14-15H,3-4,9,12-13,16-17H2,1-2H3,(H,29,30)(H,31,32,34). The smallest absolute Gasteiger partial charge is 0.261 e. The topological polar surface area (TPSA) is 130 Å². The molecule has 1 aliphatic rings. The van der Waals surface area contributed by atoms with Crippen molar-refractivity contribution in [3.63, 3.8) is 0 Å². The van der Waals surface area contributed by atoms with Crippen LogP contribution in [0, 0.1) is 0 Å². The van der Waals surface area contributed by atoms with E-state index in [1.165, 1.54) is 13.2 Å². The molecule has 0 radical (unpaired) electrons. The predicted molar refractivity (Wildman–Crippen MR) is 146 cm³/mol. The number of nitrogens with zero attached hydrogens (tertiary/aromatic N) is 4. The maximum absolute atomic E-state index is 13.2. The van der Waals surface area contributed by atoms with Crippen LogP contribution in [0.2, 0.25) is 0 Å². The second kappa shape index (κ2) is 10.8. The largest absolute Gasteiger partial charge is 0.497 e. The third-order valence-electron chi connectivity index (χ3n) is 6.68. The van der Waals surface area contributed by atoms with E-state index in [0.717, 1.165) is 29.1 Å². The Morgan fingerprint density at radius 3 is 2.79 bits per heavy atom. The number of hydrogen-bond acceptors (Lipinski definition) is 9. The fraction of sp³-hybridized carbons (Fsp3) is 0.333. The summed E-state index contributed by atoms with van der Waals surface area (Å²) in [5.41, 5.74) is 2.92. The number of aromatic nitrogens is 4. The van der Waals surface area contributed by atoms with Gasteiger partial charge in [-0.1, -0.05) is 19.4 Å². The minimum Gasteiger partial charge on any atom is -0.497 e. The summed E-state index contributed by atoms with van der Waals surface area (Å²) in [5, 5.41) is 3.45. The van der Waals surface area contributed by atoms with Crippen LogP contribution in [0.25, 0.3) is 10.9 Å². The number of nitrogens with one attached hydrogen (secondary N) is 2. The van der Waals surface area contributed by atoms with Gasteiger partial charge in [-0.3, -0.25) is 14.8 Å². The van der Waals surface area contributed by atoms with Gasteiger partial charge < -0.3 is 15.0 Å². The summed E-state index contributed by atoms with van der Waals surface area (Å²) in [6.45, 7) is 3.62. The quantitative estimate of drug-likeness (QED) is 0.331. The third-order valence-corrected chi connectivity index (χ3v) is 8.50. The molecule has 0 fully saturated rings. The van der Waals surface area contributed by atoms with E-state index in [0.29, 0.717) is 44.2 Å². The normalized spacial score (nSPS) is 13.4. The second-order valence-electron chi connectivity index (χ2n) is 9.23. The summed E-state index contributed by atoms with van der Waals surface area (Å²) >= 11 is 0. The summed E-state index contributed by atoms with van der Waals surface area (Å²) < 4.78 is 31.5. The molecular weight excluding hydrogens is 504 g/mol. The van der Waals surface area contributed by atoms with Gasteiger partial charge in [-0.25, -0.2) is 18.4 Å². The minimum atomic E-state index is -3.68. The van der Waals surface area contributed by atoms with Crippen molar-refractivity contribution in [2.24, 2.45) is 0 Å². The molecule has 3 aromatic heterocycles. The Bertz CT molecular complexity index is 1620. The number of hydrogen-bond donors (Lipinski definition) is 2. The van der Waals surface area contributed by atoms with E-state index in [9.17, 15) is 13.2 Å². The molecule has 4 heterocycles. The van der Waals surface area contributed by atoms with Crippen molar-refractivity contribution in [1.82, 2.24) is 19.9 Å². The van der Waals surface area contributed by atoms with Crippen molar-refractivity contribution in [3.05, 3.63) is 76.0 Å². The first-order valence-electron chi connectivity index (χ1n) is 12.6. The maximum Gasteiger partial charge on any atom is 0.261 e. The van der Waals surface area contributed by atoms with Crippen LogP contribution in [-0.2, 0) is 29.3 Å². The van der Waals surface area contributed by atoms with Crippen molar-refractivity contribution in [2.45, 2.75) is 44.2 Å². The minimum absolute atomic E-state index is 0.0411. The van der Waals surface area contributed by atoms with Crippen LogP contribution in [0.5, 0.6) is 5.75 Å². The Kier molecular flexibility index (Phi) is 7.28. The molecule has 0 atom stereocenters. The molecule has 1 aliphatic heterocycles. The van der Waals surface area contributed by atoms with Gasteiger partial charge in [0.05, 0.1) is 40.9 Å². The summed E-state index contributed by atoms with van der Waals surface area (Å²) in [7, 11) is -2.22. The fourth-order valence-corrected chi connectivity index (χ4v) is 6.35. The molecule has 1 aromatic carbocycles. The van der Waals surface area contributed by atoms with Crippen LogP contribution < -0.4 is 20.5 Å². The SMILES string of the molecule is CCCCS(=O)(=O)c1cc(OC)cc2nc(N3CCc4c(ccnc4NCc4ccccn4)C3)[nH]c(=O)c12. The first kappa shape index (κ1) is 25.7. The number of anilines is 2. The average Bonchev–Trinajstić information content (AvgIpc) is 2.94. The van der Waals surface area contributed by atoms with Gasteiger partial charge >= 0.3 is 0 Å². The number of rotatable bonds is 9. The van der Waals surface area contributed by atoms with E-state index in [1.54, 1.807) is 18.5 Å². The number of aromatic amines is 1. The Morgan fingerprint density at radius 1 is 1.16 bits per heavy atom. The van der Waals surface area contributed by atoms with Crippen molar-refractivity contribution >= 4 is 32.5 Å². The van der Waals surface area contributed by atoms with Crippen LogP contribution in [-0.4, -0.2) is 47.8 Å². The van der Waals surface area contributed by atoms with E-state index in [2.05, 4.69) is 25.3 Å². The zero-order chi connectivity index (χ0) is 26.7. The predicted octanol–water partition coefficient (Wildman–Crippen LogP) is 3.47. The molecule has 0 bridgehead atoms. The number of fused-ring (bicyclic) bond motifs is 2. The molecule has 0 saturated heterocycles. The molecule has 198 valence electrons. The number of H-pyrrole nitrogens is 1. The number of benzene rings is 1. The van der Waals surface area contributed by atoms with E-state index < -0.39 is 15.4 Å². The molecule has 10 nitrogen and oxygen atoms in total. The Labute approximate surface area is 221 Å². The van der Waals surface area contributed by atoms with Gasteiger partial charge in [-0.2, -0.15) is 0 Å². The van der Waals surface area contributed by atoms with E-state index in [1.807, 2.05) is 36.1 Å². The average molecular weight is 535 g/mol. The lowest BCUT2D eigenvalue weighted by Crippen LogP contribution is -2.34. The monoisotopic (exact) mass is 534 g/mol. The number of ether oxygens (including phenoxy) is 1. The zero-order valence-electron chi connectivity index (χ0n) is 21.4. The van der Waals surface area contributed by atoms with Gasteiger partial charge in [0, 0.05) is 37.1 Å². The molecule has 4 aromatic rings. The van der Waals surface area contributed by atoms with Gasteiger partial charge in [0.1, 0.15) is 11.6 Å². The van der Waals surface area contributed by atoms with Gasteiger partial charge in [-0.15, -0.1) is 0 Å². The van der Waals surface area contributed by atoms with Crippen LogP contribution in [0.4, 0.5) is 11.8 Å². The second-order valence-corrected chi connectivity index (χ2v) is 11.3. The van der Waals surface area contributed by atoms with Crippen molar-refractivity contribution < 1.29 is 13.2 Å². The van der Waals surface area contributed by atoms with Gasteiger partial charge in [0.2, 0.25) is 5.95 Å². The van der Waals surface area contributed by atoms with E-state index in [-0.39, 0.29) is 21.6 Å². The van der Waals surface area contributed by atoms with Crippen molar-refractivity contribution in [3.8, 4) is 5.75 Å². The molecular formula is C27H30N6O4S. The molecule has 0 amide bonds. The Balaban J connectivity index is 1.46. The van der Waals surface area contributed by atoms with Crippen LogP contribution in [0.3, 0.4) is 0 Å². The highest BCUT2D eigenvalue weighted by Crippen LogP contribution is 2.30. The molecule has 5 rings (SSSR count). The summed E-state index contributed by atoms with van der Waals surface area (Å²) in [6.07, 6.45) is 5.46. The van der Waals surface area contributed by atoms with E-state index >= 15 is 0 Å². The summed E-state index contributed by atoms with van der Waals surface area (Å²) in [5.74, 6) is 1.51. The lowest BCUT2D eigenvalue weighted by atomic mass is 10.0. The highest BCUT2D eigenvalue weighted by molar-refractivity contribution is 7.91. The van der Waals surface area contributed by atoms with Crippen molar-refractivity contribution in [2.75, 3.05) is 29.6 Å². The lowest BCUT2D eigenvalue weighted by Gasteiger charge is -2.30. The summed E-state index contributed by atoms with van der Waals surface area (Å²) in [6, 6.07) is 10.8. The Morgan fingerprint density at radius 2 is 2.03 bits per heavy atom. The molecule has 11 heteroatoms. The van der Waals surface area contributed by atoms with E-state index in [4.69, 9.17) is 4.74 Å². The lowest BCUT2D eigenvalue weighted by molar-refractivity contribution is 0.414. The number of sulfone groups is 1. The maximum atomic E-state index is 13.2. The first-order chi connectivity index (χ1) is 18.4. The van der Waals surface area contributed by atoms with Gasteiger partial charge in [0.15, 0.2) is 9.84 Å². The molecule has 0 spiro atoms. The zero-order valence-corrected chi connectivity index (χ0v) is 22.2. The first-order valence-corrected chi connectivity index (χ1v) is 14.2. The molecule has 0 aliphatic carbocycles. The highest BCUT2D eigenvalue weighted by Gasteiger charge is 2.25. The number of methoxy groups -OCH3 is 1. The third kappa shape index (κ3) is 5.19. The number of pyridine rings is 2. The van der Waals surface area contributed by atoms with Crippen LogP contribution >= 0.6 is 0 Å². The Hall–Kier alpha value is -3.99. The molecule has 38 heavy (non-hydrogen) atoms. The number of unbranched alkanes of at least 4 members (excludes halogenated alkanes) is 1. The van der Waals surface area contributed by atoms with Crippen molar-refractivity contribution in [1.29, 1.82) is 0 Å². The van der Waals surface area contributed by atoms with Crippen LogP contribution in [0.1, 0.15) is 36.6 Å². The summed E-state index contributed by atoms with van der Waals surface area (Å²) in [4.78, 5) is 31.6. The molecule has 2 N–H and O–H groups in total. The van der Waals surface area contributed by atoms with Gasteiger partial charge in [-0.05, 0) is 42.7 Å². The molecule has 0 saturated carbocycles.